The standard InChI is InChI=1S/C29H30F2N6O3/c1-39-23-14-20-26(25(31)27(23)40-2)34-29(35-28(20)33)37-13-12-36(16-22(37)18-6-4-3-5-7-18)24(38)15-21(32)17-8-10-19(30)11-9-17/h3-11,14,21-22H,12-13,15-16,32H2,1-2H3,(H2,33,34,35). The van der Waals surface area contributed by atoms with Crippen LogP contribution in [0.15, 0.2) is 60.7 Å². The quantitative estimate of drug-likeness (QED) is 0.356. The molecule has 9 nitrogen and oxygen atoms in total. The third-order valence-corrected chi connectivity index (χ3v) is 7.16. The maximum atomic E-state index is 15.5. The number of hydrogen-bond acceptors (Lipinski definition) is 8. The van der Waals surface area contributed by atoms with E-state index in [1.54, 1.807) is 23.1 Å². The van der Waals surface area contributed by atoms with Crippen LogP contribution in [0, 0.1) is 11.6 Å². The molecule has 3 aromatic carbocycles. The van der Waals surface area contributed by atoms with E-state index in [-0.39, 0.29) is 53.0 Å². The number of carbonyl (C=O) groups excluding carboxylic acids is 1. The number of hydrogen-bond donors (Lipinski definition) is 2. The van der Waals surface area contributed by atoms with E-state index in [1.807, 2.05) is 35.2 Å². The van der Waals surface area contributed by atoms with Crippen LogP contribution in [0.2, 0.25) is 0 Å². The number of aromatic nitrogens is 2. The van der Waals surface area contributed by atoms with Crippen molar-refractivity contribution in [3.05, 3.63) is 83.4 Å². The molecule has 5 rings (SSSR count). The predicted octanol–water partition coefficient (Wildman–Crippen LogP) is 3.99. The fourth-order valence-electron chi connectivity index (χ4n) is 5.02. The molecular weight excluding hydrogens is 518 g/mol. The summed E-state index contributed by atoms with van der Waals surface area (Å²) >= 11 is 0. The Balaban J connectivity index is 1.46. The van der Waals surface area contributed by atoms with Gasteiger partial charge in [-0.05, 0) is 29.3 Å². The minimum Gasteiger partial charge on any atom is -0.493 e. The zero-order valence-corrected chi connectivity index (χ0v) is 22.2. The number of rotatable bonds is 7. The summed E-state index contributed by atoms with van der Waals surface area (Å²) in [6.07, 6.45) is 0.0689. The number of nitrogens with two attached hydrogens (primary N) is 2. The summed E-state index contributed by atoms with van der Waals surface area (Å²) in [5, 5.41) is 0.304. The van der Waals surface area contributed by atoms with Gasteiger partial charge in [0.05, 0.1) is 20.3 Å². The SMILES string of the molecule is COc1cc2c(N)nc(N3CCN(C(=O)CC(N)c4ccc(F)cc4)CC3c3ccccc3)nc2c(F)c1OC. The van der Waals surface area contributed by atoms with Crippen LogP contribution in [0.5, 0.6) is 11.5 Å². The van der Waals surface area contributed by atoms with Crippen LogP contribution in [0.4, 0.5) is 20.5 Å². The van der Waals surface area contributed by atoms with Crippen molar-refractivity contribution in [3.63, 3.8) is 0 Å². The molecular formula is C29H30F2N6O3. The Kier molecular flexibility index (Phi) is 7.65. The van der Waals surface area contributed by atoms with Gasteiger partial charge in [-0.15, -0.1) is 0 Å². The lowest BCUT2D eigenvalue weighted by molar-refractivity contribution is -0.132. The van der Waals surface area contributed by atoms with Gasteiger partial charge in [0.25, 0.3) is 0 Å². The van der Waals surface area contributed by atoms with E-state index < -0.39 is 11.9 Å². The molecule has 1 fully saturated rings. The van der Waals surface area contributed by atoms with Crippen molar-refractivity contribution >= 4 is 28.6 Å². The van der Waals surface area contributed by atoms with Crippen molar-refractivity contribution in [1.82, 2.24) is 14.9 Å². The number of amides is 1. The number of halogens is 2. The van der Waals surface area contributed by atoms with E-state index >= 15 is 4.39 Å². The molecule has 1 saturated heterocycles. The van der Waals surface area contributed by atoms with Crippen molar-refractivity contribution in [1.29, 1.82) is 0 Å². The van der Waals surface area contributed by atoms with Crippen molar-refractivity contribution in [3.8, 4) is 11.5 Å². The van der Waals surface area contributed by atoms with Gasteiger partial charge in [0, 0.05) is 37.5 Å². The Bertz CT molecular complexity index is 1520. The fraction of sp³-hybridized carbons (Fsp3) is 0.276. The molecule has 1 aromatic heterocycles. The van der Waals surface area contributed by atoms with E-state index in [0.29, 0.717) is 30.6 Å². The number of ether oxygens (including phenoxy) is 2. The molecule has 1 aliphatic heterocycles. The van der Waals surface area contributed by atoms with Crippen molar-refractivity contribution in [2.75, 3.05) is 44.5 Å². The van der Waals surface area contributed by atoms with Gasteiger partial charge in [0.15, 0.2) is 17.3 Å². The highest BCUT2D eigenvalue weighted by Gasteiger charge is 2.33. The van der Waals surface area contributed by atoms with Crippen LogP contribution in [0.25, 0.3) is 10.9 Å². The minimum atomic E-state index is -0.702. The van der Waals surface area contributed by atoms with E-state index in [1.165, 1.54) is 26.4 Å². The zero-order chi connectivity index (χ0) is 28.4. The summed E-state index contributed by atoms with van der Waals surface area (Å²) in [7, 11) is 2.76. The van der Waals surface area contributed by atoms with Crippen LogP contribution in [0.3, 0.4) is 0 Å². The first kappa shape index (κ1) is 27.1. The summed E-state index contributed by atoms with van der Waals surface area (Å²) < 4.78 is 39.2. The molecule has 1 amide bonds. The van der Waals surface area contributed by atoms with Crippen LogP contribution < -0.4 is 25.8 Å². The van der Waals surface area contributed by atoms with Gasteiger partial charge < -0.3 is 30.7 Å². The zero-order valence-electron chi connectivity index (χ0n) is 22.2. The summed E-state index contributed by atoms with van der Waals surface area (Å²) in [6, 6.07) is 16.1. The maximum Gasteiger partial charge on any atom is 0.228 e. The molecule has 4 aromatic rings. The Labute approximate surface area is 230 Å². The molecule has 40 heavy (non-hydrogen) atoms. The Morgan fingerprint density at radius 1 is 1.05 bits per heavy atom. The number of anilines is 2. The topological polar surface area (TPSA) is 120 Å². The minimum absolute atomic E-state index is 0.00994. The third-order valence-electron chi connectivity index (χ3n) is 7.16. The predicted molar refractivity (Wildman–Crippen MR) is 148 cm³/mol. The normalized spacial score (nSPS) is 16.2. The first-order valence-electron chi connectivity index (χ1n) is 12.8. The molecule has 4 N–H and O–H groups in total. The molecule has 2 heterocycles. The molecule has 2 unspecified atom stereocenters. The maximum absolute atomic E-state index is 15.5. The lowest BCUT2D eigenvalue weighted by atomic mass is 10.0. The highest BCUT2D eigenvalue weighted by molar-refractivity contribution is 5.92. The second kappa shape index (κ2) is 11.3. The van der Waals surface area contributed by atoms with E-state index in [2.05, 4.69) is 9.97 Å². The summed E-state index contributed by atoms with van der Waals surface area (Å²) in [5.74, 6) is -0.754. The highest BCUT2D eigenvalue weighted by atomic mass is 19.1. The van der Waals surface area contributed by atoms with Crippen LogP contribution in [-0.2, 0) is 4.79 Å². The van der Waals surface area contributed by atoms with Crippen molar-refractivity contribution in [2.24, 2.45) is 5.73 Å². The summed E-state index contributed by atoms with van der Waals surface area (Å²) in [4.78, 5) is 26.0. The molecule has 1 aliphatic rings. The molecule has 0 saturated carbocycles. The highest BCUT2D eigenvalue weighted by Crippen LogP contribution is 2.39. The average Bonchev–Trinajstić information content (AvgIpc) is 2.97. The van der Waals surface area contributed by atoms with Gasteiger partial charge in [-0.2, -0.15) is 4.98 Å². The van der Waals surface area contributed by atoms with Gasteiger partial charge >= 0.3 is 0 Å². The molecule has 0 radical (unpaired) electrons. The lowest BCUT2D eigenvalue weighted by Crippen LogP contribution is -2.51. The second-order valence-corrected chi connectivity index (χ2v) is 9.55. The first-order chi connectivity index (χ1) is 19.3. The molecule has 0 bridgehead atoms. The van der Waals surface area contributed by atoms with E-state index in [0.717, 1.165) is 5.56 Å². The molecule has 0 aliphatic carbocycles. The second-order valence-electron chi connectivity index (χ2n) is 9.55. The number of nitrogen functional groups attached to an aromatic ring is 1. The van der Waals surface area contributed by atoms with Crippen LogP contribution in [-0.4, -0.2) is 54.6 Å². The Morgan fingerprint density at radius 3 is 2.45 bits per heavy atom. The third kappa shape index (κ3) is 5.20. The number of carbonyl (C=O) groups is 1. The van der Waals surface area contributed by atoms with Gasteiger partial charge in [-0.1, -0.05) is 42.5 Å². The van der Waals surface area contributed by atoms with Gasteiger partial charge in [0.1, 0.15) is 17.2 Å². The average molecular weight is 549 g/mol. The molecule has 208 valence electrons. The number of fused-ring (bicyclic) bond motifs is 1. The number of benzene rings is 3. The van der Waals surface area contributed by atoms with Crippen LogP contribution in [0.1, 0.15) is 29.6 Å². The lowest BCUT2D eigenvalue weighted by Gasteiger charge is -2.42. The summed E-state index contributed by atoms with van der Waals surface area (Å²) in [5.41, 5.74) is 14.2. The van der Waals surface area contributed by atoms with Crippen LogP contribution >= 0.6 is 0 Å². The Morgan fingerprint density at radius 2 is 1.77 bits per heavy atom. The summed E-state index contributed by atoms with van der Waals surface area (Å²) in [6.45, 7) is 1.07. The number of nitrogens with zero attached hydrogens (tertiary/aromatic N) is 4. The number of methoxy groups -OCH3 is 2. The van der Waals surface area contributed by atoms with Gasteiger partial charge in [0.2, 0.25) is 11.9 Å². The van der Waals surface area contributed by atoms with Crippen molar-refractivity contribution < 1.29 is 23.0 Å². The molecule has 0 spiro atoms. The fourth-order valence-corrected chi connectivity index (χ4v) is 5.02. The Hall–Kier alpha value is -4.51. The molecule has 2 atom stereocenters. The van der Waals surface area contributed by atoms with Gasteiger partial charge in [-0.25, -0.2) is 13.8 Å². The largest absolute Gasteiger partial charge is 0.493 e. The van der Waals surface area contributed by atoms with E-state index in [4.69, 9.17) is 20.9 Å². The monoisotopic (exact) mass is 548 g/mol. The van der Waals surface area contributed by atoms with E-state index in [9.17, 15) is 9.18 Å². The van der Waals surface area contributed by atoms with Crippen molar-refractivity contribution in [2.45, 2.75) is 18.5 Å². The van der Waals surface area contributed by atoms with Gasteiger partial charge in [-0.3, -0.25) is 4.79 Å². The smallest absolute Gasteiger partial charge is 0.228 e. The number of piperazine rings is 1. The molecule has 11 heteroatoms. The first-order valence-corrected chi connectivity index (χ1v) is 12.8.